The average Bonchev–Trinajstić information content (AvgIpc) is 3.37. The summed E-state index contributed by atoms with van der Waals surface area (Å²) in [6.07, 6.45) is 10.7. The predicted molar refractivity (Wildman–Crippen MR) is 154 cm³/mol. The molecule has 2 heterocycles. The number of aromatic nitrogens is 2. The minimum absolute atomic E-state index is 0.215. The topological polar surface area (TPSA) is 38.9 Å². The van der Waals surface area contributed by atoms with Crippen molar-refractivity contribution in [3.63, 3.8) is 0 Å². The van der Waals surface area contributed by atoms with Crippen molar-refractivity contribution in [1.82, 2.24) is 9.97 Å². The maximum atomic E-state index is 6.44. The molecule has 3 heteroatoms. The van der Waals surface area contributed by atoms with Crippen LogP contribution in [0.25, 0.3) is 55.6 Å². The van der Waals surface area contributed by atoms with Gasteiger partial charge in [-0.3, -0.25) is 4.98 Å². The molecule has 0 N–H and O–H groups in total. The molecule has 0 amide bonds. The molecule has 0 saturated carbocycles. The van der Waals surface area contributed by atoms with Crippen LogP contribution in [0.1, 0.15) is 28.7 Å². The molecule has 2 unspecified atom stereocenters. The largest absolute Gasteiger partial charge is 0.455 e. The van der Waals surface area contributed by atoms with Gasteiger partial charge in [-0.2, -0.15) is 0 Å². The van der Waals surface area contributed by atoms with Crippen LogP contribution in [0.4, 0.5) is 0 Å². The lowest BCUT2D eigenvalue weighted by Gasteiger charge is -2.32. The van der Waals surface area contributed by atoms with Gasteiger partial charge in [0.05, 0.1) is 23.3 Å². The number of aryl methyl sites for hydroxylation is 1. The zero-order chi connectivity index (χ0) is 25.2. The Kier molecular flexibility index (Phi) is 4.56. The molecule has 0 radical (unpaired) electrons. The van der Waals surface area contributed by atoms with Crippen molar-refractivity contribution >= 4 is 21.9 Å². The number of fused-ring (bicyclic) bond motifs is 9. The SMILES string of the molecule is Cc1cccc2c1oc1c(-c3cccc(-c4cnc5c(n4)-c4ccccc4C4C=CC=CC54)c3)cccc12. The van der Waals surface area contributed by atoms with E-state index in [9.17, 15) is 0 Å². The molecule has 2 aromatic heterocycles. The van der Waals surface area contributed by atoms with Crippen LogP contribution in [0, 0.1) is 6.92 Å². The van der Waals surface area contributed by atoms with E-state index in [1.807, 2.05) is 6.20 Å². The maximum absolute atomic E-state index is 6.44. The second kappa shape index (κ2) is 8.12. The summed E-state index contributed by atoms with van der Waals surface area (Å²) in [6, 6.07) is 29.9. The van der Waals surface area contributed by atoms with Crippen molar-refractivity contribution in [2.45, 2.75) is 18.8 Å². The van der Waals surface area contributed by atoms with Gasteiger partial charge in [0, 0.05) is 39.3 Å². The average molecular weight is 489 g/mol. The maximum Gasteiger partial charge on any atom is 0.143 e. The third kappa shape index (κ3) is 3.08. The fraction of sp³-hybridized carbons (Fsp3) is 0.0857. The Morgan fingerprint density at radius 2 is 1.42 bits per heavy atom. The summed E-state index contributed by atoms with van der Waals surface area (Å²) < 4.78 is 6.44. The van der Waals surface area contributed by atoms with Crippen molar-refractivity contribution in [2.75, 3.05) is 0 Å². The van der Waals surface area contributed by atoms with Crippen LogP contribution in [0.2, 0.25) is 0 Å². The number of allylic oxidation sites excluding steroid dienone is 4. The molecule has 2 aliphatic carbocycles. The smallest absolute Gasteiger partial charge is 0.143 e. The third-order valence-electron chi connectivity index (χ3n) is 8.02. The molecule has 0 saturated heterocycles. The lowest BCUT2D eigenvalue weighted by molar-refractivity contribution is 0.667. The number of furan rings is 1. The van der Waals surface area contributed by atoms with E-state index >= 15 is 0 Å². The summed E-state index contributed by atoms with van der Waals surface area (Å²) >= 11 is 0. The van der Waals surface area contributed by atoms with E-state index < -0.39 is 0 Å². The molecule has 4 aromatic carbocycles. The van der Waals surface area contributed by atoms with E-state index in [0.29, 0.717) is 5.92 Å². The summed E-state index contributed by atoms with van der Waals surface area (Å²) in [5.74, 6) is 0.520. The Morgan fingerprint density at radius 3 is 2.34 bits per heavy atom. The highest BCUT2D eigenvalue weighted by molar-refractivity contribution is 6.10. The third-order valence-corrected chi connectivity index (χ3v) is 8.02. The van der Waals surface area contributed by atoms with E-state index in [1.165, 1.54) is 11.1 Å². The van der Waals surface area contributed by atoms with Gasteiger partial charge in [0.2, 0.25) is 0 Å². The number of hydrogen-bond acceptors (Lipinski definition) is 3. The van der Waals surface area contributed by atoms with Gasteiger partial charge in [-0.1, -0.05) is 103 Å². The van der Waals surface area contributed by atoms with Gasteiger partial charge in [-0.25, -0.2) is 4.98 Å². The highest BCUT2D eigenvalue weighted by Crippen LogP contribution is 2.48. The molecule has 0 spiro atoms. The van der Waals surface area contributed by atoms with E-state index in [2.05, 4.69) is 116 Å². The van der Waals surface area contributed by atoms with Crippen molar-refractivity contribution in [3.05, 3.63) is 132 Å². The molecule has 8 rings (SSSR count). The van der Waals surface area contributed by atoms with Crippen LogP contribution in [0.15, 0.2) is 120 Å². The first-order valence-electron chi connectivity index (χ1n) is 13.1. The Balaban J connectivity index is 1.27. The molecule has 0 bridgehead atoms. The Morgan fingerprint density at radius 1 is 0.684 bits per heavy atom. The Bertz CT molecular complexity index is 1960. The predicted octanol–water partition coefficient (Wildman–Crippen LogP) is 8.99. The number of hydrogen-bond donors (Lipinski definition) is 0. The quantitative estimate of drug-likeness (QED) is 0.244. The summed E-state index contributed by atoms with van der Waals surface area (Å²) in [4.78, 5) is 10.2. The summed E-state index contributed by atoms with van der Waals surface area (Å²) in [7, 11) is 0. The van der Waals surface area contributed by atoms with Crippen molar-refractivity contribution in [1.29, 1.82) is 0 Å². The minimum atomic E-state index is 0.215. The molecular formula is C35H24N2O. The summed E-state index contributed by atoms with van der Waals surface area (Å²) in [6.45, 7) is 2.10. The van der Waals surface area contributed by atoms with E-state index in [4.69, 9.17) is 14.4 Å². The van der Waals surface area contributed by atoms with Crippen LogP contribution >= 0.6 is 0 Å². The fourth-order valence-electron chi connectivity index (χ4n) is 6.18. The normalized spacial score (nSPS) is 17.4. The fourth-order valence-corrected chi connectivity index (χ4v) is 6.18. The molecule has 38 heavy (non-hydrogen) atoms. The van der Waals surface area contributed by atoms with E-state index in [1.54, 1.807) is 0 Å². The first kappa shape index (κ1) is 21.3. The Labute approximate surface area is 220 Å². The monoisotopic (exact) mass is 488 g/mol. The molecule has 6 aromatic rings. The first-order valence-corrected chi connectivity index (χ1v) is 13.1. The second-order valence-corrected chi connectivity index (χ2v) is 10.2. The lowest BCUT2D eigenvalue weighted by Crippen LogP contribution is -2.19. The molecule has 180 valence electrons. The summed E-state index contributed by atoms with van der Waals surface area (Å²) in [5, 5.41) is 2.29. The van der Waals surface area contributed by atoms with Crippen LogP contribution in [-0.2, 0) is 0 Å². The Hall–Kier alpha value is -4.76. The zero-order valence-electron chi connectivity index (χ0n) is 20.9. The molecule has 2 aliphatic rings. The van der Waals surface area contributed by atoms with Gasteiger partial charge in [0.15, 0.2) is 0 Å². The first-order chi connectivity index (χ1) is 18.8. The van der Waals surface area contributed by atoms with Gasteiger partial charge in [0.1, 0.15) is 11.2 Å². The highest BCUT2D eigenvalue weighted by atomic mass is 16.3. The van der Waals surface area contributed by atoms with Crippen LogP contribution in [0.3, 0.4) is 0 Å². The molecule has 0 fully saturated rings. The van der Waals surface area contributed by atoms with Crippen LogP contribution in [-0.4, -0.2) is 9.97 Å². The van der Waals surface area contributed by atoms with E-state index in [-0.39, 0.29) is 5.92 Å². The van der Waals surface area contributed by atoms with Gasteiger partial charge in [-0.05, 0) is 29.7 Å². The number of nitrogens with zero attached hydrogens (tertiary/aromatic N) is 2. The van der Waals surface area contributed by atoms with Crippen molar-refractivity contribution in [3.8, 4) is 33.6 Å². The molecule has 0 aliphatic heterocycles. The molecule has 2 atom stereocenters. The molecule has 3 nitrogen and oxygen atoms in total. The number of benzene rings is 4. The van der Waals surface area contributed by atoms with E-state index in [0.717, 1.165) is 61.3 Å². The second-order valence-electron chi connectivity index (χ2n) is 10.2. The number of rotatable bonds is 2. The number of para-hydroxylation sites is 2. The lowest BCUT2D eigenvalue weighted by atomic mass is 9.73. The van der Waals surface area contributed by atoms with Gasteiger partial charge >= 0.3 is 0 Å². The summed E-state index contributed by atoms with van der Waals surface area (Å²) in [5.41, 5.74) is 11.7. The van der Waals surface area contributed by atoms with Crippen molar-refractivity contribution in [2.24, 2.45) is 0 Å². The standard InChI is InChI=1S/C35H24N2O/c1-21-9-6-17-29-30-18-8-16-24(35(30)38-34(21)29)22-10-7-11-23(19-22)31-20-36-32-27-14-4-2-12-25(27)26-13-3-5-15-28(26)33(32)37-31/h2-20,25,27H,1H3. The minimum Gasteiger partial charge on any atom is -0.455 e. The van der Waals surface area contributed by atoms with Gasteiger partial charge in [-0.15, -0.1) is 0 Å². The highest BCUT2D eigenvalue weighted by Gasteiger charge is 2.33. The molecular weight excluding hydrogens is 464 g/mol. The van der Waals surface area contributed by atoms with Crippen LogP contribution < -0.4 is 0 Å². The van der Waals surface area contributed by atoms with Gasteiger partial charge in [0.25, 0.3) is 0 Å². The van der Waals surface area contributed by atoms with Gasteiger partial charge < -0.3 is 4.42 Å². The van der Waals surface area contributed by atoms with Crippen LogP contribution in [0.5, 0.6) is 0 Å². The zero-order valence-corrected chi connectivity index (χ0v) is 20.9. The van der Waals surface area contributed by atoms with Crippen molar-refractivity contribution < 1.29 is 4.42 Å².